The van der Waals surface area contributed by atoms with E-state index in [2.05, 4.69) is 4.74 Å². The Labute approximate surface area is 147 Å². The Morgan fingerprint density at radius 1 is 1.15 bits per heavy atom. The Bertz CT molecular complexity index is 974. The molecule has 0 saturated carbocycles. The monoisotopic (exact) mass is 363 g/mol. The SMILES string of the molecule is CC(C)n1cc(C(=O)O)c2ccc(-c3ccccc3OC(F)(F)F)cc21. The highest BCUT2D eigenvalue weighted by Gasteiger charge is 2.32. The van der Waals surface area contributed by atoms with E-state index in [-0.39, 0.29) is 22.9 Å². The van der Waals surface area contributed by atoms with Crippen LogP contribution in [-0.4, -0.2) is 22.0 Å². The second-order valence-corrected chi connectivity index (χ2v) is 6.12. The fraction of sp³-hybridized carbons (Fsp3) is 0.211. The lowest BCUT2D eigenvalue weighted by Crippen LogP contribution is -2.17. The van der Waals surface area contributed by atoms with Crippen molar-refractivity contribution in [3.05, 3.63) is 54.2 Å². The van der Waals surface area contributed by atoms with Crippen LogP contribution in [-0.2, 0) is 0 Å². The van der Waals surface area contributed by atoms with Crippen LogP contribution in [0.2, 0.25) is 0 Å². The molecule has 0 aliphatic heterocycles. The van der Waals surface area contributed by atoms with Crippen molar-refractivity contribution in [1.29, 1.82) is 0 Å². The van der Waals surface area contributed by atoms with Crippen molar-refractivity contribution in [3.8, 4) is 16.9 Å². The van der Waals surface area contributed by atoms with Crippen LogP contribution in [0.1, 0.15) is 30.2 Å². The average molecular weight is 363 g/mol. The molecule has 0 aliphatic rings. The number of fused-ring (bicyclic) bond motifs is 1. The third-order valence-electron chi connectivity index (χ3n) is 4.04. The summed E-state index contributed by atoms with van der Waals surface area (Å²) >= 11 is 0. The molecule has 0 bridgehead atoms. The van der Waals surface area contributed by atoms with Gasteiger partial charge in [-0.05, 0) is 31.5 Å². The zero-order valence-corrected chi connectivity index (χ0v) is 14.0. The molecule has 0 atom stereocenters. The summed E-state index contributed by atoms with van der Waals surface area (Å²) in [6.45, 7) is 3.80. The third-order valence-corrected chi connectivity index (χ3v) is 4.04. The minimum Gasteiger partial charge on any atom is -0.478 e. The average Bonchev–Trinajstić information content (AvgIpc) is 2.93. The summed E-state index contributed by atoms with van der Waals surface area (Å²) in [5.74, 6) is -1.36. The van der Waals surface area contributed by atoms with Crippen LogP contribution in [0.5, 0.6) is 5.75 Å². The van der Waals surface area contributed by atoms with Gasteiger partial charge in [-0.15, -0.1) is 13.2 Å². The van der Waals surface area contributed by atoms with Gasteiger partial charge in [-0.2, -0.15) is 0 Å². The highest BCUT2D eigenvalue weighted by molar-refractivity contribution is 6.04. The molecule has 1 heterocycles. The number of rotatable bonds is 4. The van der Waals surface area contributed by atoms with E-state index < -0.39 is 12.3 Å². The van der Waals surface area contributed by atoms with Crippen LogP contribution in [0.25, 0.3) is 22.0 Å². The number of halogens is 3. The van der Waals surface area contributed by atoms with Crippen LogP contribution in [0.4, 0.5) is 13.2 Å². The van der Waals surface area contributed by atoms with Crippen molar-refractivity contribution in [2.75, 3.05) is 0 Å². The first-order valence-corrected chi connectivity index (χ1v) is 7.90. The minimum absolute atomic E-state index is 0.0116. The molecule has 0 aliphatic carbocycles. The molecular weight excluding hydrogens is 347 g/mol. The molecule has 26 heavy (non-hydrogen) atoms. The topological polar surface area (TPSA) is 51.5 Å². The molecule has 0 saturated heterocycles. The van der Waals surface area contributed by atoms with Gasteiger partial charge in [0, 0.05) is 28.7 Å². The number of para-hydroxylation sites is 1. The molecule has 0 unspecified atom stereocenters. The summed E-state index contributed by atoms with van der Waals surface area (Å²) in [5.41, 5.74) is 1.58. The summed E-state index contributed by atoms with van der Waals surface area (Å²) in [5, 5.41) is 9.91. The minimum atomic E-state index is -4.80. The van der Waals surface area contributed by atoms with E-state index in [9.17, 15) is 23.1 Å². The van der Waals surface area contributed by atoms with Crippen molar-refractivity contribution in [3.63, 3.8) is 0 Å². The molecule has 0 radical (unpaired) electrons. The van der Waals surface area contributed by atoms with Crippen molar-refractivity contribution in [2.45, 2.75) is 26.3 Å². The van der Waals surface area contributed by atoms with Crippen molar-refractivity contribution < 1.29 is 27.8 Å². The van der Waals surface area contributed by atoms with E-state index in [0.29, 0.717) is 16.5 Å². The lowest BCUT2D eigenvalue weighted by molar-refractivity contribution is -0.274. The van der Waals surface area contributed by atoms with Gasteiger partial charge in [-0.25, -0.2) is 4.79 Å². The van der Waals surface area contributed by atoms with E-state index in [4.69, 9.17) is 0 Å². The van der Waals surface area contributed by atoms with Gasteiger partial charge in [-0.3, -0.25) is 0 Å². The van der Waals surface area contributed by atoms with Crippen LogP contribution in [0, 0.1) is 0 Å². The summed E-state index contributed by atoms with van der Waals surface area (Å²) in [6, 6.07) is 10.7. The van der Waals surface area contributed by atoms with Crippen LogP contribution >= 0.6 is 0 Å². The molecule has 7 heteroatoms. The normalized spacial score (nSPS) is 11.9. The number of ether oxygens (including phenoxy) is 1. The molecule has 3 rings (SSSR count). The molecular formula is C19H16F3NO3. The number of nitrogens with zero attached hydrogens (tertiary/aromatic N) is 1. The third kappa shape index (κ3) is 3.37. The second-order valence-electron chi connectivity index (χ2n) is 6.12. The maximum absolute atomic E-state index is 12.7. The fourth-order valence-electron chi connectivity index (χ4n) is 2.94. The summed E-state index contributed by atoms with van der Waals surface area (Å²) in [4.78, 5) is 11.5. The van der Waals surface area contributed by atoms with E-state index in [1.165, 1.54) is 18.2 Å². The zero-order chi connectivity index (χ0) is 19.1. The lowest BCUT2D eigenvalue weighted by Gasteiger charge is -2.14. The first-order chi connectivity index (χ1) is 12.2. The number of aromatic carboxylic acids is 1. The summed E-state index contributed by atoms with van der Waals surface area (Å²) in [6.07, 6.45) is -3.26. The number of aromatic nitrogens is 1. The Hall–Kier alpha value is -2.96. The maximum atomic E-state index is 12.7. The first-order valence-electron chi connectivity index (χ1n) is 7.90. The smallest absolute Gasteiger partial charge is 0.478 e. The predicted octanol–water partition coefficient (Wildman–Crippen LogP) is 5.49. The lowest BCUT2D eigenvalue weighted by atomic mass is 10.0. The van der Waals surface area contributed by atoms with E-state index in [1.807, 2.05) is 13.8 Å². The Kier molecular flexibility index (Phi) is 4.39. The van der Waals surface area contributed by atoms with E-state index in [0.717, 1.165) is 0 Å². The quantitative estimate of drug-likeness (QED) is 0.667. The van der Waals surface area contributed by atoms with Crippen LogP contribution in [0.15, 0.2) is 48.7 Å². The van der Waals surface area contributed by atoms with Gasteiger partial charge in [0.1, 0.15) is 5.75 Å². The van der Waals surface area contributed by atoms with Gasteiger partial charge in [0.05, 0.1) is 5.56 Å². The van der Waals surface area contributed by atoms with Gasteiger partial charge in [-0.1, -0.05) is 30.3 Å². The second kappa shape index (κ2) is 6.40. The number of carbonyl (C=O) groups is 1. The largest absolute Gasteiger partial charge is 0.573 e. The zero-order valence-electron chi connectivity index (χ0n) is 14.0. The first kappa shape index (κ1) is 17.8. The number of carboxylic acids is 1. The van der Waals surface area contributed by atoms with E-state index in [1.54, 1.807) is 35.0 Å². The van der Waals surface area contributed by atoms with Crippen molar-refractivity contribution in [2.24, 2.45) is 0 Å². The molecule has 0 fully saturated rings. The number of hydrogen-bond acceptors (Lipinski definition) is 2. The molecule has 0 spiro atoms. The number of carboxylic acid groups (broad SMARTS) is 1. The van der Waals surface area contributed by atoms with Gasteiger partial charge < -0.3 is 14.4 Å². The molecule has 4 nitrogen and oxygen atoms in total. The van der Waals surface area contributed by atoms with Gasteiger partial charge in [0.15, 0.2) is 0 Å². The van der Waals surface area contributed by atoms with Crippen LogP contribution < -0.4 is 4.74 Å². The summed E-state index contributed by atoms with van der Waals surface area (Å²) in [7, 11) is 0. The molecule has 0 amide bonds. The maximum Gasteiger partial charge on any atom is 0.573 e. The molecule has 1 aromatic heterocycles. The molecule has 1 N–H and O–H groups in total. The molecule has 136 valence electrons. The van der Waals surface area contributed by atoms with Crippen molar-refractivity contribution in [1.82, 2.24) is 4.57 Å². The highest BCUT2D eigenvalue weighted by atomic mass is 19.4. The van der Waals surface area contributed by atoms with Crippen molar-refractivity contribution >= 4 is 16.9 Å². The predicted molar refractivity (Wildman–Crippen MR) is 91.4 cm³/mol. The van der Waals surface area contributed by atoms with Gasteiger partial charge in [0.25, 0.3) is 0 Å². The number of benzene rings is 2. The summed E-state index contributed by atoms with van der Waals surface area (Å²) < 4.78 is 43.9. The van der Waals surface area contributed by atoms with Gasteiger partial charge in [0.2, 0.25) is 0 Å². The van der Waals surface area contributed by atoms with E-state index >= 15 is 0 Å². The Morgan fingerprint density at radius 3 is 2.46 bits per heavy atom. The highest BCUT2D eigenvalue weighted by Crippen LogP contribution is 2.36. The molecule has 2 aromatic carbocycles. The standard InChI is InChI=1S/C19H16F3NO3/c1-11(2)23-10-15(18(24)25)14-8-7-12(9-16(14)23)13-5-3-4-6-17(13)26-19(20,21)22/h3-11H,1-2H3,(H,24,25). The fourth-order valence-corrected chi connectivity index (χ4v) is 2.94. The Balaban J connectivity index is 2.19. The molecule has 3 aromatic rings. The number of hydrogen-bond donors (Lipinski definition) is 1. The van der Waals surface area contributed by atoms with Gasteiger partial charge >= 0.3 is 12.3 Å². The Morgan fingerprint density at radius 2 is 1.85 bits per heavy atom. The number of alkyl halides is 3. The van der Waals surface area contributed by atoms with Crippen LogP contribution in [0.3, 0.4) is 0 Å².